The number of carboxylic acids is 1. The first-order valence-electron chi connectivity index (χ1n) is 9.07. The lowest BCUT2D eigenvalue weighted by atomic mass is 9.97. The van der Waals surface area contributed by atoms with Gasteiger partial charge < -0.3 is 10.4 Å². The summed E-state index contributed by atoms with van der Waals surface area (Å²) in [6.07, 6.45) is 0.511. The van der Waals surface area contributed by atoms with E-state index in [1.54, 1.807) is 0 Å². The fourth-order valence-electron chi connectivity index (χ4n) is 3.23. The van der Waals surface area contributed by atoms with E-state index in [1.165, 1.54) is 0 Å². The predicted octanol–water partition coefficient (Wildman–Crippen LogP) is 4.15. The summed E-state index contributed by atoms with van der Waals surface area (Å²) in [5.41, 5.74) is 1.95. The number of carbonyl (C=O) groups is 2. The van der Waals surface area contributed by atoms with Gasteiger partial charge in [-0.3, -0.25) is 4.79 Å². The fraction of sp³-hybridized carbons (Fsp3) is 0.217. The number of hydrogen-bond acceptors (Lipinski definition) is 2. The Morgan fingerprint density at radius 2 is 1.59 bits per heavy atom. The van der Waals surface area contributed by atoms with Gasteiger partial charge in [-0.15, -0.1) is 0 Å². The summed E-state index contributed by atoms with van der Waals surface area (Å²) >= 11 is 0. The molecular weight excluding hydrogens is 338 g/mol. The first-order chi connectivity index (χ1) is 13.0. The molecule has 0 radical (unpaired) electrons. The van der Waals surface area contributed by atoms with E-state index < -0.39 is 12.0 Å². The number of carboxylic acid groups (broad SMARTS) is 1. The summed E-state index contributed by atoms with van der Waals surface area (Å²) in [6.45, 7) is 1.97. The van der Waals surface area contributed by atoms with Crippen LogP contribution in [-0.2, 0) is 16.0 Å². The number of fused-ring (bicyclic) bond motifs is 1. The van der Waals surface area contributed by atoms with E-state index in [1.807, 2.05) is 79.7 Å². The highest BCUT2D eigenvalue weighted by molar-refractivity contribution is 5.85. The minimum absolute atomic E-state index is 0.0290. The minimum Gasteiger partial charge on any atom is -0.480 e. The summed E-state index contributed by atoms with van der Waals surface area (Å²) in [4.78, 5) is 24.0. The third kappa shape index (κ3) is 4.94. The van der Waals surface area contributed by atoms with Crippen LogP contribution in [0.15, 0.2) is 72.8 Å². The van der Waals surface area contributed by atoms with E-state index in [2.05, 4.69) is 5.32 Å². The van der Waals surface area contributed by atoms with Crippen molar-refractivity contribution in [2.75, 3.05) is 0 Å². The van der Waals surface area contributed by atoms with Crippen molar-refractivity contribution in [3.8, 4) is 0 Å². The van der Waals surface area contributed by atoms with Gasteiger partial charge in [0.1, 0.15) is 6.04 Å². The van der Waals surface area contributed by atoms with Gasteiger partial charge in [0.25, 0.3) is 0 Å². The Labute approximate surface area is 158 Å². The molecule has 0 heterocycles. The lowest BCUT2D eigenvalue weighted by molar-refractivity contribution is -0.141. The Morgan fingerprint density at radius 3 is 2.30 bits per heavy atom. The largest absolute Gasteiger partial charge is 0.480 e. The molecule has 0 aliphatic carbocycles. The molecule has 3 aromatic rings. The molecule has 0 aliphatic rings. The molecule has 27 heavy (non-hydrogen) atoms. The second-order valence-corrected chi connectivity index (χ2v) is 6.86. The number of amides is 1. The van der Waals surface area contributed by atoms with Gasteiger partial charge in [-0.1, -0.05) is 79.7 Å². The van der Waals surface area contributed by atoms with Crippen LogP contribution in [0.25, 0.3) is 10.8 Å². The van der Waals surface area contributed by atoms with E-state index in [9.17, 15) is 14.7 Å². The molecule has 0 aromatic heterocycles. The second-order valence-electron chi connectivity index (χ2n) is 6.86. The molecule has 4 heteroatoms. The van der Waals surface area contributed by atoms with Crippen molar-refractivity contribution in [3.63, 3.8) is 0 Å². The van der Waals surface area contributed by atoms with Crippen LogP contribution in [0.5, 0.6) is 0 Å². The van der Waals surface area contributed by atoms with Crippen molar-refractivity contribution in [1.82, 2.24) is 5.32 Å². The van der Waals surface area contributed by atoms with Crippen molar-refractivity contribution >= 4 is 22.6 Å². The van der Waals surface area contributed by atoms with Crippen LogP contribution in [0.3, 0.4) is 0 Å². The van der Waals surface area contributed by atoms with Crippen LogP contribution in [-0.4, -0.2) is 23.0 Å². The van der Waals surface area contributed by atoms with Crippen LogP contribution in [0, 0.1) is 0 Å². The molecule has 3 aromatic carbocycles. The van der Waals surface area contributed by atoms with Crippen LogP contribution < -0.4 is 5.32 Å². The summed E-state index contributed by atoms with van der Waals surface area (Å²) < 4.78 is 0. The van der Waals surface area contributed by atoms with E-state index >= 15 is 0 Å². The van der Waals surface area contributed by atoms with E-state index in [-0.39, 0.29) is 24.7 Å². The van der Waals surface area contributed by atoms with Gasteiger partial charge >= 0.3 is 5.97 Å². The van der Waals surface area contributed by atoms with Crippen LogP contribution in [0.2, 0.25) is 0 Å². The van der Waals surface area contributed by atoms with Crippen molar-refractivity contribution in [1.29, 1.82) is 0 Å². The Kier molecular flexibility index (Phi) is 5.87. The Balaban J connectivity index is 1.66. The number of hydrogen-bond donors (Lipinski definition) is 2. The molecule has 0 spiro atoms. The molecule has 0 aliphatic heterocycles. The predicted molar refractivity (Wildman–Crippen MR) is 107 cm³/mol. The summed E-state index contributed by atoms with van der Waals surface area (Å²) in [6, 6.07) is 22.6. The van der Waals surface area contributed by atoms with E-state index in [0.29, 0.717) is 0 Å². The lowest BCUT2D eigenvalue weighted by Gasteiger charge is -2.17. The maximum absolute atomic E-state index is 12.4. The second kappa shape index (κ2) is 8.49. The molecule has 0 saturated heterocycles. The molecule has 1 amide bonds. The first kappa shape index (κ1) is 18.6. The van der Waals surface area contributed by atoms with Gasteiger partial charge in [-0.2, -0.15) is 0 Å². The monoisotopic (exact) mass is 361 g/mol. The maximum Gasteiger partial charge on any atom is 0.326 e. The number of nitrogens with one attached hydrogen (secondary N) is 1. The SMILES string of the molecule is CC(CC(=O)NC(Cc1ccc2ccccc2c1)C(=O)O)c1ccccc1. The zero-order valence-corrected chi connectivity index (χ0v) is 15.3. The van der Waals surface area contributed by atoms with Crippen molar-refractivity contribution in [2.45, 2.75) is 31.7 Å². The summed E-state index contributed by atoms with van der Waals surface area (Å²) in [7, 11) is 0. The Bertz CT molecular complexity index is 937. The average Bonchev–Trinajstić information content (AvgIpc) is 2.68. The number of benzene rings is 3. The van der Waals surface area contributed by atoms with Crippen LogP contribution in [0.4, 0.5) is 0 Å². The van der Waals surface area contributed by atoms with Gasteiger partial charge in [0.15, 0.2) is 0 Å². The standard InChI is InChI=1S/C23H23NO3/c1-16(18-7-3-2-4-8-18)13-22(25)24-21(23(26)27)15-17-11-12-19-9-5-6-10-20(19)14-17/h2-12,14,16,21H,13,15H2,1H3,(H,24,25)(H,26,27). The molecule has 138 valence electrons. The van der Waals surface area contributed by atoms with Crippen LogP contribution in [0.1, 0.15) is 30.4 Å². The van der Waals surface area contributed by atoms with Crippen LogP contribution >= 0.6 is 0 Å². The summed E-state index contributed by atoms with van der Waals surface area (Å²) in [5, 5.41) is 14.4. The zero-order valence-electron chi connectivity index (χ0n) is 15.3. The lowest BCUT2D eigenvalue weighted by Crippen LogP contribution is -2.42. The van der Waals surface area contributed by atoms with Crippen molar-refractivity contribution in [2.24, 2.45) is 0 Å². The van der Waals surface area contributed by atoms with E-state index in [4.69, 9.17) is 0 Å². The topological polar surface area (TPSA) is 66.4 Å². The number of carbonyl (C=O) groups excluding carboxylic acids is 1. The van der Waals surface area contributed by atoms with Gasteiger partial charge in [0, 0.05) is 12.8 Å². The average molecular weight is 361 g/mol. The minimum atomic E-state index is -1.02. The van der Waals surface area contributed by atoms with Crippen molar-refractivity contribution < 1.29 is 14.7 Å². The van der Waals surface area contributed by atoms with Gasteiger partial charge in [0.05, 0.1) is 0 Å². The zero-order chi connectivity index (χ0) is 19.2. The molecule has 4 nitrogen and oxygen atoms in total. The maximum atomic E-state index is 12.4. The molecule has 0 bridgehead atoms. The highest BCUT2D eigenvalue weighted by atomic mass is 16.4. The van der Waals surface area contributed by atoms with Crippen molar-refractivity contribution in [3.05, 3.63) is 83.9 Å². The Morgan fingerprint density at radius 1 is 0.926 bits per heavy atom. The third-order valence-electron chi connectivity index (χ3n) is 4.75. The molecule has 0 saturated carbocycles. The molecule has 2 N–H and O–H groups in total. The highest BCUT2D eigenvalue weighted by Gasteiger charge is 2.22. The highest BCUT2D eigenvalue weighted by Crippen LogP contribution is 2.19. The first-order valence-corrected chi connectivity index (χ1v) is 9.07. The Hall–Kier alpha value is -3.14. The van der Waals surface area contributed by atoms with Gasteiger partial charge in [-0.25, -0.2) is 4.79 Å². The summed E-state index contributed by atoms with van der Waals surface area (Å²) in [5.74, 6) is -1.25. The molecular formula is C23H23NO3. The number of aliphatic carboxylic acids is 1. The smallest absolute Gasteiger partial charge is 0.326 e. The van der Waals surface area contributed by atoms with Gasteiger partial charge in [0.2, 0.25) is 5.91 Å². The van der Waals surface area contributed by atoms with E-state index in [0.717, 1.165) is 21.9 Å². The third-order valence-corrected chi connectivity index (χ3v) is 4.75. The molecule has 2 atom stereocenters. The quantitative estimate of drug-likeness (QED) is 0.664. The van der Waals surface area contributed by atoms with Gasteiger partial charge in [-0.05, 0) is 27.8 Å². The normalized spacial score (nSPS) is 13.1. The molecule has 0 fully saturated rings. The number of rotatable bonds is 7. The fourth-order valence-corrected chi connectivity index (χ4v) is 3.23. The molecule has 2 unspecified atom stereocenters. The molecule has 3 rings (SSSR count).